The number of aryl methyl sites for hydroxylation is 1. The van der Waals surface area contributed by atoms with E-state index in [-0.39, 0.29) is 11.8 Å². The summed E-state index contributed by atoms with van der Waals surface area (Å²) in [4.78, 5) is 23.6. The van der Waals surface area contributed by atoms with Crippen LogP contribution in [0, 0.1) is 0 Å². The van der Waals surface area contributed by atoms with Gasteiger partial charge in [-0.1, -0.05) is 36.3 Å². The summed E-state index contributed by atoms with van der Waals surface area (Å²) >= 11 is 1.67. The standard InChI is InChI=1S/C24H22N4O3S/c1-3-21-25-20(14-32-21)15-4-6-16(7-5-15)23-26-24(31-27-23)17-12-22(29)28(13-17)18-8-10-19(30-2)11-9-18/h4-11,14,17H,3,12-13H2,1-2H3. The van der Waals surface area contributed by atoms with Gasteiger partial charge in [0.2, 0.25) is 17.6 Å². The first-order chi connectivity index (χ1) is 15.6. The van der Waals surface area contributed by atoms with Crippen LogP contribution >= 0.6 is 11.3 Å². The third-order valence-electron chi connectivity index (χ3n) is 5.59. The van der Waals surface area contributed by atoms with E-state index in [2.05, 4.69) is 27.4 Å². The van der Waals surface area contributed by atoms with Gasteiger partial charge in [-0.25, -0.2) is 4.98 Å². The van der Waals surface area contributed by atoms with Crippen molar-refractivity contribution < 1.29 is 14.1 Å². The van der Waals surface area contributed by atoms with Gasteiger partial charge in [-0.3, -0.25) is 4.79 Å². The quantitative estimate of drug-likeness (QED) is 0.417. The third-order valence-corrected chi connectivity index (χ3v) is 6.59. The van der Waals surface area contributed by atoms with Crippen LogP contribution in [0.5, 0.6) is 5.75 Å². The Hall–Kier alpha value is -3.52. The molecule has 1 aliphatic heterocycles. The molecule has 7 nitrogen and oxygen atoms in total. The number of anilines is 1. The second kappa shape index (κ2) is 8.55. The van der Waals surface area contributed by atoms with Gasteiger partial charge in [-0.05, 0) is 30.7 Å². The molecule has 0 radical (unpaired) electrons. The number of carbonyl (C=O) groups excluding carboxylic acids is 1. The molecule has 2 aromatic heterocycles. The lowest BCUT2D eigenvalue weighted by atomic mass is 10.1. The second-order valence-corrected chi connectivity index (χ2v) is 8.56. The van der Waals surface area contributed by atoms with Crippen LogP contribution in [0.3, 0.4) is 0 Å². The van der Waals surface area contributed by atoms with Crippen molar-refractivity contribution >= 4 is 22.9 Å². The van der Waals surface area contributed by atoms with E-state index in [0.717, 1.165) is 39.7 Å². The fourth-order valence-electron chi connectivity index (χ4n) is 3.80. The fourth-order valence-corrected chi connectivity index (χ4v) is 4.55. The Bertz CT molecular complexity index is 1230. The lowest BCUT2D eigenvalue weighted by molar-refractivity contribution is -0.117. The number of rotatable bonds is 6. The van der Waals surface area contributed by atoms with Crippen LogP contribution in [0.1, 0.15) is 30.2 Å². The smallest absolute Gasteiger partial charge is 0.232 e. The molecule has 5 rings (SSSR count). The molecular weight excluding hydrogens is 424 g/mol. The average Bonchev–Trinajstić information content (AvgIpc) is 3.59. The topological polar surface area (TPSA) is 81.4 Å². The van der Waals surface area contributed by atoms with Crippen molar-refractivity contribution in [3.63, 3.8) is 0 Å². The summed E-state index contributed by atoms with van der Waals surface area (Å²) in [5, 5.41) is 7.35. The van der Waals surface area contributed by atoms with Gasteiger partial charge >= 0.3 is 0 Å². The molecule has 162 valence electrons. The molecule has 0 spiro atoms. The van der Waals surface area contributed by atoms with Gasteiger partial charge < -0.3 is 14.2 Å². The minimum Gasteiger partial charge on any atom is -0.497 e. The van der Waals surface area contributed by atoms with E-state index in [0.29, 0.717) is 24.7 Å². The second-order valence-electron chi connectivity index (χ2n) is 7.62. The first-order valence-corrected chi connectivity index (χ1v) is 11.4. The van der Waals surface area contributed by atoms with Crippen molar-refractivity contribution in [2.45, 2.75) is 25.7 Å². The maximum absolute atomic E-state index is 12.6. The van der Waals surface area contributed by atoms with Crippen LogP contribution < -0.4 is 9.64 Å². The number of aromatic nitrogens is 3. The van der Waals surface area contributed by atoms with E-state index < -0.39 is 0 Å². The number of methoxy groups -OCH3 is 1. The zero-order valence-electron chi connectivity index (χ0n) is 17.8. The summed E-state index contributed by atoms with van der Waals surface area (Å²) in [6.45, 7) is 2.61. The van der Waals surface area contributed by atoms with Crippen LogP contribution in [-0.4, -0.2) is 34.7 Å². The van der Waals surface area contributed by atoms with Gasteiger partial charge in [-0.15, -0.1) is 11.3 Å². The fraction of sp³-hybridized carbons (Fsp3) is 0.250. The Morgan fingerprint density at radius 2 is 1.84 bits per heavy atom. The molecule has 0 bridgehead atoms. The molecule has 1 aliphatic rings. The lowest BCUT2D eigenvalue weighted by Crippen LogP contribution is -2.24. The minimum atomic E-state index is -0.132. The third kappa shape index (κ3) is 3.89. The molecule has 0 saturated carbocycles. The van der Waals surface area contributed by atoms with Gasteiger partial charge in [0, 0.05) is 35.2 Å². The molecule has 1 unspecified atom stereocenters. The monoisotopic (exact) mass is 446 g/mol. The van der Waals surface area contributed by atoms with E-state index >= 15 is 0 Å². The Kier molecular flexibility index (Phi) is 5.45. The Balaban J connectivity index is 1.30. The summed E-state index contributed by atoms with van der Waals surface area (Å²) in [5.41, 5.74) is 3.74. The van der Waals surface area contributed by atoms with Gasteiger partial charge in [0.1, 0.15) is 5.75 Å². The van der Waals surface area contributed by atoms with Gasteiger partial charge in [0.25, 0.3) is 0 Å². The van der Waals surface area contributed by atoms with Crippen LogP contribution in [-0.2, 0) is 11.2 Å². The highest BCUT2D eigenvalue weighted by Crippen LogP contribution is 2.33. The van der Waals surface area contributed by atoms with Crippen LogP contribution in [0.15, 0.2) is 58.4 Å². The van der Waals surface area contributed by atoms with E-state index in [9.17, 15) is 4.79 Å². The van der Waals surface area contributed by atoms with Crippen LogP contribution in [0.2, 0.25) is 0 Å². The van der Waals surface area contributed by atoms with E-state index in [1.54, 1.807) is 23.3 Å². The minimum absolute atomic E-state index is 0.0407. The molecule has 0 N–H and O–H groups in total. The first-order valence-electron chi connectivity index (χ1n) is 10.5. The summed E-state index contributed by atoms with van der Waals surface area (Å²) in [6, 6.07) is 15.4. The number of nitrogens with zero attached hydrogens (tertiary/aromatic N) is 4. The molecule has 1 amide bonds. The molecule has 1 atom stereocenters. The molecule has 1 fully saturated rings. The summed E-state index contributed by atoms with van der Waals surface area (Å²) in [5.74, 6) is 1.67. The van der Waals surface area contributed by atoms with Gasteiger partial charge in [0.15, 0.2) is 0 Å². The highest BCUT2D eigenvalue weighted by Gasteiger charge is 2.35. The molecule has 4 aromatic rings. The van der Waals surface area contributed by atoms with E-state index in [1.807, 2.05) is 48.5 Å². The maximum Gasteiger partial charge on any atom is 0.232 e. The predicted octanol–water partition coefficient (Wildman–Crippen LogP) is 4.95. The highest BCUT2D eigenvalue weighted by molar-refractivity contribution is 7.09. The van der Waals surface area contributed by atoms with Crippen molar-refractivity contribution in [1.29, 1.82) is 0 Å². The number of benzene rings is 2. The predicted molar refractivity (Wildman–Crippen MR) is 123 cm³/mol. The van der Waals surface area contributed by atoms with Crippen molar-refractivity contribution in [2.75, 3.05) is 18.6 Å². The Morgan fingerprint density at radius 3 is 2.53 bits per heavy atom. The zero-order chi connectivity index (χ0) is 22.1. The largest absolute Gasteiger partial charge is 0.497 e. The van der Waals surface area contributed by atoms with Crippen molar-refractivity contribution in [3.8, 4) is 28.4 Å². The first kappa shape index (κ1) is 20.4. The number of amides is 1. The van der Waals surface area contributed by atoms with Crippen LogP contribution in [0.25, 0.3) is 22.6 Å². The number of hydrogen-bond acceptors (Lipinski definition) is 7. The molecule has 0 aliphatic carbocycles. The van der Waals surface area contributed by atoms with Crippen molar-refractivity contribution in [3.05, 3.63) is 64.8 Å². The summed E-state index contributed by atoms with van der Waals surface area (Å²) in [6.07, 6.45) is 1.28. The Morgan fingerprint density at radius 1 is 1.09 bits per heavy atom. The summed E-state index contributed by atoms with van der Waals surface area (Å²) in [7, 11) is 1.62. The SMILES string of the molecule is CCc1nc(-c2ccc(-c3noc(C4CC(=O)N(c5ccc(OC)cc5)C4)n3)cc2)cs1. The van der Waals surface area contributed by atoms with Crippen molar-refractivity contribution in [1.82, 2.24) is 15.1 Å². The molecule has 3 heterocycles. The molecule has 8 heteroatoms. The highest BCUT2D eigenvalue weighted by atomic mass is 32.1. The Labute approximate surface area is 189 Å². The molecule has 1 saturated heterocycles. The number of hydrogen-bond donors (Lipinski definition) is 0. The van der Waals surface area contributed by atoms with E-state index in [4.69, 9.17) is 9.26 Å². The number of thiazole rings is 1. The molecule has 2 aromatic carbocycles. The van der Waals surface area contributed by atoms with Gasteiger partial charge in [-0.2, -0.15) is 4.98 Å². The van der Waals surface area contributed by atoms with Crippen molar-refractivity contribution in [2.24, 2.45) is 0 Å². The van der Waals surface area contributed by atoms with E-state index in [1.165, 1.54) is 0 Å². The normalized spacial score (nSPS) is 16.0. The molecule has 32 heavy (non-hydrogen) atoms. The number of ether oxygens (including phenoxy) is 1. The summed E-state index contributed by atoms with van der Waals surface area (Å²) < 4.78 is 10.7. The number of carbonyl (C=O) groups is 1. The lowest BCUT2D eigenvalue weighted by Gasteiger charge is -2.16. The van der Waals surface area contributed by atoms with Gasteiger partial charge in [0.05, 0.1) is 23.7 Å². The van der Waals surface area contributed by atoms with Crippen LogP contribution in [0.4, 0.5) is 5.69 Å². The molecular formula is C24H22N4O3S. The average molecular weight is 447 g/mol. The zero-order valence-corrected chi connectivity index (χ0v) is 18.6. The maximum atomic E-state index is 12.6.